The molecule has 1 aliphatic rings. The van der Waals surface area contributed by atoms with Gasteiger partial charge in [0, 0.05) is 0 Å². The van der Waals surface area contributed by atoms with Crippen LogP contribution in [0.1, 0.15) is 68.4 Å². The molecule has 1 amide bonds. The lowest BCUT2D eigenvalue weighted by Crippen LogP contribution is -2.29. The van der Waals surface area contributed by atoms with Crippen LogP contribution in [0.4, 0.5) is 5.13 Å². The average Bonchev–Trinajstić information content (AvgIpc) is 3.45. The molecule has 1 unspecified atom stereocenters. The van der Waals surface area contributed by atoms with E-state index < -0.39 is 17.9 Å². The summed E-state index contributed by atoms with van der Waals surface area (Å²) in [7, 11) is 0. The highest BCUT2D eigenvalue weighted by Gasteiger charge is 2.45. The molecule has 5 rings (SSSR count). The van der Waals surface area contributed by atoms with Crippen LogP contribution in [0.5, 0.6) is 5.75 Å². The van der Waals surface area contributed by atoms with Gasteiger partial charge >= 0.3 is 5.97 Å². The number of esters is 1. The highest BCUT2D eigenvalue weighted by molar-refractivity contribution is 7.17. The summed E-state index contributed by atoms with van der Waals surface area (Å²) in [6.07, 6.45) is 3.37. The first kappa shape index (κ1) is 26.4. The predicted octanol–water partition coefficient (Wildman–Crippen LogP) is 6.14. The second-order valence-corrected chi connectivity index (χ2v) is 10.3. The third-order valence-electron chi connectivity index (χ3n) is 6.48. The highest BCUT2D eigenvalue weighted by atomic mass is 32.1. The third-order valence-corrected chi connectivity index (χ3v) is 7.61. The maximum Gasteiger partial charge on any atom is 0.350 e. The number of aryl methyl sites for hydroxylation is 2. The number of benzene rings is 2. The molecule has 0 radical (unpaired) electrons. The van der Waals surface area contributed by atoms with Gasteiger partial charge in [0.15, 0.2) is 10.6 Å². The summed E-state index contributed by atoms with van der Waals surface area (Å²) < 4.78 is 17.2. The fourth-order valence-electron chi connectivity index (χ4n) is 4.58. The van der Waals surface area contributed by atoms with Crippen molar-refractivity contribution in [3.05, 3.63) is 98.4 Å². The standard InChI is InChI=1S/C30H28N2O6S/c1-5-7-14-36-20-10-8-9-19(16-20)24-23-25(33)21-15-17(3)11-12-22(21)38-26(23)28(34)32(24)30-31-18(4)27(39-30)29(35)37-13-6-2/h6,8-12,15-16,24H,2,5,7,13-14H2,1,3-4H3. The molecule has 0 spiro atoms. The van der Waals surface area contributed by atoms with Crippen molar-refractivity contribution in [1.82, 2.24) is 4.98 Å². The van der Waals surface area contributed by atoms with Gasteiger partial charge in [0.2, 0.25) is 5.76 Å². The number of unbranched alkanes of at least 4 members (excludes halogenated alkanes) is 1. The Kier molecular flexibility index (Phi) is 7.34. The molecule has 8 nitrogen and oxygen atoms in total. The first-order valence-electron chi connectivity index (χ1n) is 12.7. The molecular weight excluding hydrogens is 516 g/mol. The Hall–Kier alpha value is -4.24. The lowest BCUT2D eigenvalue weighted by atomic mass is 9.98. The predicted molar refractivity (Wildman–Crippen MR) is 150 cm³/mol. The van der Waals surface area contributed by atoms with E-state index in [1.807, 2.05) is 37.3 Å². The van der Waals surface area contributed by atoms with Crippen molar-refractivity contribution in [3.63, 3.8) is 0 Å². The van der Waals surface area contributed by atoms with Gasteiger partial charge in [0.1, 0.15) is 22.8 Å². The van der Waals surface area contributed by atoms with Crippen molar-refractivity contribution in [2.45, 2.75) is 39.7 Å². The maximum atomic E-state index is 13.9. The van der Waals surface area contributed by atoms with Crippen LogP contribution in [0.3, 0.4) is 0 Å². The fourth-order valence-corrected chi connectivity index (χ4v) is 5.57. The van der Waals surface area contributed by atoms with Gasteiger partial charge in [0.25, 0.3) is 5.91 Å². The van der Waals surface area contributed by atoms with E-state index in [1.54, 1.807) is 19.1 Å². The zero-order valence-corrected chi connectivity index (χ0v) is 22.8. The molecule has 0 aliphatic carbocycles. The monoisotopic (exact) mass is 544 g/mol. The zero-order valence-electron chi connectivity index (χ0n) is 22.0. The maximum absolute atomic E-state index is 13.9. The number of thiazole rings is 1. The molecule has 1 aliphatic heterocycles. The van der Waals surface area contributed by atoms with E-state index in [9.17, 15) is 14.4 Å². The molecule has 2 aromatic carbocycles. The number of rotatable bonds is 9. The average molecular weight is 545 g/mol. The number of amides is 1. The van der Waals surface area contributed by atoms with Crippen LogP contribution in [0.2, 0.25) is 0 Å². The van der Waals surface area contributed by atoms with Crippen LogP contribution < -0.4 is 15.1 Å². The Morgan fingerprint density at radius 3 is 2.79 bits per heavy atom. The first-order valence-corrected chi connectivity index (χ1v) is 13.5. The number of aromatic nitrogens is 1. The molecule has 0 fully saturated rings. The van der Waals surface area contributed by atoms with Gasteiger partial charge in [-0.2, -0.15) is 0 Å². The smallest absolute Gasteiger partial charge is 0.350 e. The molecule has 4 aromatic rings. The molecule has 0 saturated heterocycles. The van der Waals surface area contributed by atoms with Gasteiger partial charge in [-0.25, -0.2) is 9.78 Å². The zero-order chi connectivity index (χ0) is 27.7. The molecule has 2 aromatic heterocycles. The largest absolute Gasteiger partial charge is 0.494 e. The highest BCUT2D eigenvalue weighted by Crippen LogP contribution is 2.43. The summed E-state index contributed by atoms with van der Waals surface area (Å²) in [5.41, 5.74) is 2.26. The van der Waals surface area contributed by atoms with Crippen molar-refractivity contribution >= 4 is 39.3 Å². The van der Waals surface area contributed by atoms with Gasteiger partial charge in [-0.3, -0.25) is 14.5 Å². The van der Waals surface area contributed by atoms with Gasteiger partial charge < -0.3 is 13.9 Å². The Labute approximate surface area is 229 Å². The number of carbonyl (C=O) groups excluding carboxylic acids is 2. The molecule has 39 heavy (non-hydrogen) atoms. The van der Waals surface area contributed by atoms with E-state index in [-0.39, 0.29) is 33.4 Å². The van der Waals surface area contributed by atoms with Crippen molar-refractivity contribution in [1.29, 1.82) is 0 Å². The van der Waals surface area contributed by atoms with E-state index >= 15 is 0 Å². The van der Waals surface area contributed by atoms with Gasteiger partial charge in [-0.05, 0) is 50.1 Å². The Morgan fingerprint density at radius 1 is 1.21 bits per heavy atom. The molecular formula is C30H28N2O6S. The molecule has 0 N–H and O–H groups in total. The van der Waals surface area contributed by atoms with Crippen LogP contribution in [-0.2, 0) is 4.74 Å². The van der Waals surface area contributed by atoms with Crippen molar-refractivity contribution in [2.75, 3.05) is 18.1 Å². The van der Waals surface area contributed by atoms with Crippen LogP contribution in [0, 0.1) is 13.8 Å². The fraction of sp³-hybridized carbons (Fsp3) is 0.267. The number of nitrogens with zero attached hydrogens (tertiary/aromatic N) is 2. The van der Waals surface area contributed by atoms with Crippen LogP contribution in [-0.4, -0.2) is 30.1 Å². The van der Waals surface area contributed by atoms with Crippen molar-refractivity contribution in [3.8, 4) is 5.75 Å². The lowest BCUT2D eigenvalue weighted by Gasteiger charge is -2.23. The number of hydrogen-bond acceptors (Lipinski definition) is 8. The van der Waals surface area contributed by atoms with Crippen molar-refractivity contribution in [2.24, 2.45) is 0 Å². The third kappa shape index (κ3) is 4.85. The summed E-state index contributed by atoms with van der Waals surface area (Å²) in [6.45, 7) is 9.83. The summed E-state index contributed by atoms with van der Waals surface area (Å²) in [6, 6.07) is 11.8. The summed E-state index contributed by atoms with van der Waals surface area (Å²) in [4.78, 5) is 46.7. The number of hydrogen-bond donors (Lipinski definition) is 0. The molecule has 0 bridgehead atoms. The van der Waals surface area contributed by atoms with Gasteiger partial charge in [-0.15, -0.1) is 0 Å². The first-order chi connectivity index (χ1) is 18.8. The second kappa shape index (κ2) is 10.9. The van der Waals surface area contributed by atoms with Crippen LogP contribution in [0.25, 0.3) is 11.0 Å². The minimum Gasteiger partial charge on any atom is -0.494 e. The molecule has 0 saturated carbocycles. The second-order valence-electron chi connectivity index (χ2n) is 9.32. The van der Waals surface area contributed by atoms with E-state index in [0.717, 1.165) is 29.7 Å². The molecule has 1 atom stereocenters. The Balaban J connectivity index is 1.68. The van der Waals surface area contributed by atoms with Gasteiger partial charge in [-0.1, -0.05) is 61.1 Å². The number of carbonyl (C=O) groups is 2. The minimum atomic E-state index is -0.828. The van der Waals surface area contributed by atoms with E-state index in [1.165, 1.54) is 11.0 Å². The Bertz CT molecular complexity index is 1650. The molecule has 3 heterocycles. The van der Waals surface area contributed by atoms with Crippen LogP contribution in [0.15, 0.2) is 64.3 Å². The topological polar surface area (TPSA) is 98.9 Å². The molecule has 200 valence electrons. The quantitative estimate of drug-likeness (QED) is 0.142. The minimum absolute atomic E-state index is 0.0395. The number of anilines is 1. The lowest BCUT2D eigenvalue weighted by molar-refractivity contribution is 0.0554. The molecule has 9 heteroatoms. The van der Waals surface area contributed by atoms with E-state index in [0.29, 0.717) is 34.6 Å². The Morgan fingerprint density at radius 2 is 2.03 bits per heavy atom. The van der Waals surface area contributed by atoms with Crippen LogP contribution >= 0.6 is 11.3 Å². The SMILES string of the molecule is C=CCOC(=O)c1sc(N2C(=O)c3oc4ccc(C)cc4c(=O)c3C2c2cccc(OCCCC)c2)nc1C. The summed E-state index contributed by atoms with van der Waals surface area (Å²) in [5, 5.41) is 0.657. The number of fused-ring (bicyclic) bond motifs is 2. The van der Waals surface area contributed by atoms with Crippen molar-refractivity contribution < 1.29 is 23.5 Å². The normalized spacial score (nSPS) is 14.5. The van der Waals surface area contributed by atoms with E-state index in [4.69, 9.17) is 13.9 Å². The number of ether oxygens (including phenoxy) is 2. The summed E-state index contributed by atoms with van der Waals surface area (Å²) >= 11 is 1.03. The summed E-state index contributed by atoms with van der Waals surface area (Å²) in [5.74, 6) is -0.473. The van der Waals surface area contributed by atoms with E-state index in [2.05, 4.69) is 18.5 Å². The van der Waals surface area contributed by atoms with Gasteiger partial charge in [0.05, 0.1) is 29.3 Å².